The SMILES string of the molecule is C[C@@H](NC(=O)c1cn2c(c(C3CCO3)c1=O)C(=O)N1[C@@H]3CC[C@H](C3)O[C@@H]1C2)c1c(F)cc(F)cc1F. The molecule has 5 atom stereocenters. The van der Waals surface area contributed by atoms with Gasteiger partial charge in [0.2, 0.25) is 5.43 Å². The molecule has 36 heavy (non-hydrogen) atoms. The molecule has 1 aromatic carbocycles. The number of fused-ring (bicyclic) bond motifs is 5. The Labute approximate surface area is 204 Å². The van der Waals surface area contributed by atoms with Crippen molar-refractivity contribution in [2.45, 2.75) is 69.7 Å². The van der Waals surface area contributed by atoms with Crippen molar-refractivity contribution in [3.05, 3.63) is 68.4 Å². The first-order chi connectivity index (χ1) is 17.2. The molecule has 1 unspecified atom stereocenters. The largest absolute Gasteiger partial charge is 0.373 e. The summed E-state index contributed by atoms with van der Waals surface area (Å²) in [5.74, 6) is -4.58. The summed E-state index contributed by atoms with van der Waals surface area (Å²) in [6.07, 6.45) is 3.22. The lowest BCUT2D eigenvalue weighted by atomic mass is 9.95. The Morgan fingerprint density at radius 3 is 2.53 bits per heavy atom. The van der Waals surface area contributed by atoms with E-state index in [2.05, 4.69) is 5.32 Å². The number of hydrogen-bond donors (Lipinski definition) is 1. The molecule has 4 aliphatic rings. The molecule has 190 valence electrons. The first-order valence-electron chi connectivity index (χ1n) is 12.0. The van der Waals surface area contributed by atoms with Crippen LogP contribution in [0.25, 0.3) is 0 Å². The van der Waals surface area contributed by atoms with Crippen molar-refractivity contribution >= 4 is 11.8 Å². The number of pyridine rings is 1. The molecule has 3 aliphatic heterocycles. The summed E-state index contributed by atoms with van der Waals surface area (Å²) in [7, 11) is 0. The summed E-state index contributed by atoms with van der Waals surface area (Å²) < 4.78 is 55.0. The fourth-order valence-corrected chi connectivity index (χ4v) is 5.84. The van der Waals surface area contributed by atoms with Gasteiger partial charge in [-0.05, 0) is 26.2 Å². The van der Waals surface area contributed by atoms with Crippen molar-refractivity contribution in [1.29, 1.82) is 0 Å². The first kappa shape index (κ1) is 23.2. The molecule has 1 N–H and O–H groups in total. The van der Waals surface area contributed by atoms with Gasteiger partial charge in [-0.3, -0.25) is 14.4 Å². The Morgan fingerprint density at radius 1 is 1.14 bits per heavy atom. The Kier molecular flexibility index (Phi) is 5.45. The first-order valence-corrected chi connectivity index (χ1v) is 12.0. The Hall–Kier alpha value is -3.18. The molecule has 4 heterocycles. The monoisotopic (exact) mass is 503 g/mol. The molecule has 2 aromatic rings. The van der Waals surface area contributed by atoms with Gasteiger partial charge < -0.3 is 24.3 Å². The molecular formula is C25H24F3N3O5. The van der Waals surface area contributed by atoms with E-state index in [1.54, 1.807) is 9.47 Å². The zero-order valence-electron chi connectivity index (χ0n) is 19.4. The van der Waals surface area contributed by atoms with Gasteiger partial charge in [0.15, 0.2) is 6.23 Å². The van der Waals surface area contributed by atoms with Gasteiger partial charge in [0.1, 0.15) is 28.7 Å². The number of amides is 2. The summed E-state index contributed by atoms with van der Waals surface area (Å²) in [5.41, 5.74) is -1.16. The predicted molar refractivity (Wildman–Crippen MR) is 119 cm³/mol. The van der Waals surface area contributed by atoms with Gasteiger partial charge in [0.25, 0.3) is 11.8 Å². The molecule has 1 saturated carbocycles. The van der Waals surface area contributed by atoms with Crippen LogP contribution in [0.3, 0.4) is 0 Å². The third-order valence-electron chi connectivity index (χ3n) is 7.61. The topological polar surface area (TPSA) is 89.9 Å². The van der Waals surface area contributed by atoms with Crippen molar-refractivity contribution in [3.63, 3.8) is 0 Å². The van der Waals surface area contributed by atoms with Crippen LogP contribution in [0.15, 0.2) is 23.1 Å². The smallest absolute Gasteiger partial charge is 0.273 e. The van der Waals surface area contributed by atoms with Crippen LogP contribution in [-0.2, 0) is 16.0 Å². The van der Waals surface area contributed by atoms with Crippen LogP contribution >= 0.6 is 0 Å². The van der Waals surface area contributed by atoms with E-state index in [9.17, 15) is 27.6 Å². The minimum Gasteiger partial charge on any atom is -0.373 e. The average Bonchev–Trinajstić information content (AvgIpc) is 3.14. The van der Waals surface area contributed by atoms with Crippen molar-refractivity contribution in [2.75, 3.05) is 6.61 Å². The minimum absolute atomic E-state index is 0.0459. The summed E-state index contributed by atoms with van der Waals surface area (Å²) >= 11 is 0. The Bertz CT molecular complexity index is 1320. The fraction of sp³-hybridized carbons (Fsp3) is 0.480. The van der Waals surface area contributed by atoms with E-state index in [0.29, 0.717) is 25.2 Å². The number of nitrogens with zero attached hydrogens (tertiary/aromatic N) is 2. The molecule has 2 saturated heterocycles. The minimum atomic E-state index is -1.20. The van der Waals surface area contributed by atoms with Gasteiger partial charge >= 0.3 is 0 Å². The molecule has 0 radical (unpaired) electrons. The van der Waals surface area contributed by atoms with Gasteiger partial charge in [0, 0.05) is 36.4 Å². The molecule has 11 heteroatoms. The summed E-state index contributed by atoms with van der Waals surface area (Å²) in [4.78, 5) is 42.0. The summed E-state index contributed by atoms with van der Waals surface area (Å²) in [5, 5.41) is 2.43. The van der Waals surface area contributed by atoms with Crippen LogP contribution in [0.5, 0.6) is 0 Å². The third kappa shape index (κ3) is 3.55. The van der Waals surface area contributed by atoms with Gasteiger partial charge in [-0.1, -0.05) is 0 Å². The Morgan fingerprint density at radius 2 is 1.86 bits per heavy atom. The highest BCUT2D eigenvalue weighted by Crippen LogP contribution is 2.40. The van der Waals surface area contributed by atoms with Gasteiger partial charge in [-0.25, -0.2) is 13.2 Å². The second-order valence-corrected chi connectivity index (χ2v) is 9.80. The van der Waals surface area contributed by atoms with Crippen molar-refractivity contribution in [1.82, 2.24) is 14.8 Å². The molecule has 3 fully saturated rings. The van der Waals surface area contributed by atoms with Crippen LogP contribution in [-0.4, -0.2) is 46.3 Å². The standard InChI is InChI=1S/C25H24F3N3O5/c1-11(20-16(27)6-12(26)7-17(20)28)29-24(33)15-9-30-10-19-31(13-2-3-14(8-13)36-19)25(34)22(30)21(23(15)32)18-4-5-35-18/h6-7,9,11,13-14,18-19H,2-5,8,10H2,1H3,(H,29,33)/t11-,13-,14-,18?,19-/m1/s1. The molecular weight excluding hydrogens is 479 g/mol. The quantitative estimate of drug-likeness (QED) is 0.693. The number of hydrogen-bond acceptors (Lipinski definition) is 5. The van der Waals surface area contributed by atoms with E-state index in [-0.39, 0.29) is 41.4 Å². The average molecular weight is 503 g/mol. The number of carbonyl (C=O) groups excluding carboxylic acids is 2. The van der Waals surface area contributed by atoms with Gasteiger partial charge in [-0.2, -0.15) is 0 Å². The molecule has 1 aromatic heterocycles. The zero-order valence-corrected chi connectivity index (χ0v) is 19.4. The lowest BCUT2D eigenvalue weighted by Gasteiger charge is -2.45. The number of nitrogens with one attached hydrogen (secondary N) is 1. The van der Waals surface area contributed by atoms with E-state index < -0.39 is 52.7 Å². The van der Waals surface area contributed by atoms with Gasteiger partial charge in [-0.15, -0.1) is 0 Å². The predicted octanol–water partition coefficient (Wildman–Crippen LogP) is 2.95. The number of aromatic nitrogens is 1. The van der Waals surface area contributed by atoms with Gasteiger partial charge in [0.05, 0.1) is 37.0 Å². The van der Waals surface area contributed by atoms with Crippen LogP contribution in [0.2, 0.25) is 0 Å². The van der Waals surface area contributed by atoms with Crippen molar-refractivity contribution < 1.29 is 32.2 Å². The van der Waals surface area contributed by atoms with Crippen LogP contribution in [0.1, 0.15) is 76.7 Å². The Balaban J connectivity index is 1.38. The fourth-order valence-electron chi connectivity index (χ4n) is 5.84. The highest BCUT2D eigenvalue weighted by molar-refractivity contribution is 5.98. The van der Waals surface area contributed by atoms with E-state index in [4.69, 9.17) is 9.47 Å². The normalized spacial score (nSPS) is 27.2. The number of halogens is 3. The maximum atomic E-state index is 14.2. The number of rotatable bonds is 4. The molecule has 0 spiro atoms. The zero-order chi connectivity index (χ0) is 25.3. The lowest BCUT2D eigenvalue weighted by molar-refractivity contribution is -0.132. The van der Waals surface area contributed by atoms with Crippen LogP contribution < -0.4 is 10.7 Å². The van der Waals surface area contributed by atoms with Crippen LogP contribution in [0, 0.1) is 17.5 Å². The van der Waals surface area contributed by atoms with Crippen molar-refractivity contribution in [3.8, 4) is 0 Å². The van der Waals surface area contributed by atoms with E-state index >= 15 is 0 Å². The summed E-state index contributed by atoms with van der Waals surface area (Å²) in [6, 6.07) is -0.105. The second-order valence-electron chi connectivity index (χ2n) is 9.80. The molecule has 8 nitrogen and oxygen atoms in total. The molecule has 2 bridgehead atoms. The van der Waals surface area contributed by atoms with E-state index in [0.717, 1.165) is 19.3 Å². The maximum Gasteiger partial charge on any atom is 0.273 e. The number of carbonyl (C=O) groups is 2. The van der Waals surface area contributed by atoms with E-state index in [1.807, 2.05) is 0 Å². The molecule has 1 aliphatic carbocycles. The number of ether oxygens (including phenoxy) is 2. The molecule has 6 rings (SSSR count). The summed E-state index contributed by atoms with van der Waals surface area (Å²) in [6.45, 7) is 2.00. The maximum absolute atomic E-state index is 14.2. The van der Waals surface area contributed by atoms with Crippen LogP contribution in [0.4, 0.5) is 13.2 Å². The highest BCUT2D eigenvalue weighted by Gasteiger charge is 2.48. The highest BCUT2D eigenvalue weighted by atomic mass is 19.1. The molecule has 2 amide bonds. The lowest BCUT2D eigenvalue weighted by Crippen LogP contribution is -2.58. The van der Waals surface area contributed by atoms with Crippen molar-refractivity contribution in [2.24, 2.45) is 0 Å². The third-order valence-corrected chi connectivity index (χ3v) is 7.61. The number of benzene rings is 1. The second kappa shape index (κ2) is 8.45. The van der Waals surface area contributed by atoms with E-state index in [1.165, 1.54) is 13.1 Å².